The predicted molar refractivity (Wildman–Crippen MR) is 90.3 cm³/mol. The van der Waals surface area contributed by atoms with Crippen LogP contribution in [0.15, 0.2) is 46.2 Å². The summed E-state index contributed by atoms with van der Waals surface area (Å²) < 4.78 is 5.95. The molecule has 0 radical (unpaired) electrons. The predicted octanol–water partition coefficient (Wildman–Crippen LogP) is 5.43. The van der Waals surface area contributed by atoms with E-state index in [1.165, 1.54) is 4.88 Å². The third kappa shape index (κ3) is 3.31. The van der Waals surface area contributed by atoms with Crippen molar-refractivity contribution in [1.29, 1.82) is 0 Å². The van der Waals surface area contributed by atoms with Crippen LogP contribution < -0.4 is 5.32 Å². The molecule has 0 bridgehead atoms. The first-order valence-electron chi connectivity index (χ1n) is 7.15. The van der Waals surface area contributed by atoms with Gasteiger partial charge in [-0.3, -0.25) is 0 Å². The monoisotopic (exact) mass is 319 g/mol. The Kier molecular flexibility index (Phi) is 4.63. The lowest BCUT2D eigenvalue weighted by atomic mass is 10.1. The zero-order valence-corrected chi connectivity index (χ0v) is 13.5. The topological polar surface area (TPSA) is 25.2 Å². The maximum atomic E-state index is 6.18. The second kappa shape index (κ2) is 6.65. The molecule has 2 nitrogen and oxygen atoms in total. The minimum absolute atomic E-state index is 0.230. The van der Waals surface area contributed by atoms with Gasteiger partial charge < -0.3 is 9.73 Å². The Morgan fingerprint density at radius 1 is 1.29 bits per heavy atom. The summed E-state index contributed by atoms with van der Waals surface area (Å²) in [5.41, 5.74) is 0.785. The maximum Gasteiger partial charge on any atom is 0.152 e. The third-order valence-corrected chi connectivity index (χ3v) is 4.94. The number of nitrogens with one attached hydrogen (secondary N) is 1. The molecule has 1 N–H and O–H groups in total. The summed E-state index contributed by atoms with van der Waals surface area (Å²) in [7, 11) is 1.98. The molecule has 1 unspecified atom stereocenters. The Balaban J connectivity index is 1.70. The van der Waals surface area contributed by atoms with Gasteiger partial charge in [0.05, 0.1) is 11.1 Å². The Labute approximate surface area is 133 Å². The third-order valence-electron chi connectivity index (χ3n) is 3.70. The number of halogens is 1. The lowest BCUT2D eigenvalue weighted by Gasteiger charge is -2.12. The smallest absolute Gasteiger partial charge is 0.152 e. The number of para-hydroxylation sites is 1. The van der Waals surface area contributed by atoms with Crippen molar-refractivity contribution in [2.24, 2.45) is 0 Å². The number of hydrogen-bond acceptors (Lipinski definition) is 3. The van der Waals surface area contributed by atoms with Crippen molar-refractivity contribution in [3.63, 3.8) is 0 Å². The molecule has 2 heterocycles. The molecule has 0 saturated carbocycles. The fraction of sp³-hybridized carbons (Fsp3) is 0.294. The molecule has 3 aromatic rings. The Morgan fingerprint density at radius 3 is 2.90 bits per heavy atom. The highest BCUT2D eigenvalue weighted by molar-refractivity contribution is 7.09. The SMILES string of the molecule is CNC(CCCc1cccs1)c1cc2cccc(Cl)c2o1. The number of hydrogen-bond donors (Lipinski definition) is 1. The Hall–Kier alpha value is -1.29. The minimum Gasteiger partial charge on any atom is -0.458 e. The van der Waals surface area contributed by atoms with Gasteiger partial charge >= 0.3 is 0 Å². The molecule has 3 rings (SSSR count). The van der Waals surface area contributed by atoms with E-state index in [-0.39, 0.29) is 6.04 Å². The van der Waals surface area contributed by atoms with Crippen molar-refractivity contribution in [1.82, 2.24) is 5.32 Å². The van der Waals surface area contributed by atoms with Crippen molar-refractivity contribution < 1.29 is 4.42 Å². The number of thiophene rings is 1. The molecule has 0 aliphatic rings. The molecule has 0 aliphatic heterocycles. The fourth-order valence-corrected chi connectivity index (χ4v) is 3.55. The molecule has 0 saturated heterocycles. The normalized spacial score (nSPS) is 12.9. The summed E-state index contributed by atoms with van der Waals surface area (Å²) in [4.78, 5) is 1.44. The van der Waals surface area contributed by atoms with Gasteiger partial charge in [0.1, 0.15) is 5.76 Å². The van der Waals surface area contributed by atoms with Crippen molar-refractivity contribution in [3.05, 3.63) is 57.4 Å². The van der Waals surface area contributed by atoms with Gasteiger partial charge in [-0.15, -0.1) is 11.3 Å². The molecule has 110 valence electrons. The molecule has 2 aromatic heterocycles. The average molecular weight is 320 g/mol. The summed E-state index contributed by atoms with van der Waals surface area (Å²) >= 11 is 8.00. The summed E-state index contributed by atoms with van der Waals surface area (Å²) in [6.45, 7) is 0. The highest BCUT2D eigenvalue weighted by Gasteiger charge is 2.15. The molecule has 0 amide bonds. The van der Waals surface area contributed by atoms with Crippen LogP contribution in [0.25, 0.3) is 11.0 Å². The lowest BCUT2D eigenvalue weighted by molar-refractivity contribution is 0.425. The molecule has 0 aliphatic carbocycles. The van der Waals surface area contributed by atoms with Gasteiger partial charge in [-0.25, -0.2) is 0 Å². The van der Waals surface area contributed by atoms with E-state index >= 15 is 0 Å². The van der Waals surface area contributed by atoms with Gasteiger partial charge in [-0.2, -0.15) is 0 Å². The molecule has 4 heteroatoms. The number of furan rings is 1. The molecular formula is C17H18ClNOS. The van der Waals surface area contributed by atoms with Crippen LogP contribution in [0.1, 0.15) is 29.5 Å². The molecule has 21 heavy (non-hydrogen) atoms. The molecule has 1 aromatic carbocycles. The second-order valence-corrected chi connectivity index (χ2v) is 6.56. The van der Waals surface area contributed by atoms with Gasteiger partial charge in [-0.1, -0.05) is 29.8 Å². The molecule has 0 fully saturated rings. The maximum absolute atomic E-state index is 6.18. The highest BCUT2D eigenvalue weighted by Crippen LogP contribution is 2.31. The van der Waals surface area contributed by atoms with E-state index in [2.05, 4.69) is 28.9 Å². The van der Waals surface area contributed by atoms with Crippen LogP contribution in [0.2, 0.25) is 5.02 Å². The number of rotatable bonds is 6. The van der Waals surface area contributed by atoms with Crippen molar-refractivity contribution in [2.75, 3.05) is 7.05 Å². The fourth-order valence-electron chi connectivity index (χ4n) is 2.58. The average Bonchev–Trinajstić information content (AvgIpc) is 3.13. The second-order valence-electron chi connectivity index (χ2n) is 5.12. The van der Waals surface area contributed by atoms with E-state index < -0.39 is 0 Å². The van der Waals surface area contributed by atoms with E-state index in [1.807, 2.05) is 36.6 Å². The van der Waals surface area contributed by atoms with Gasteiger partial charge in [0.2, 0.25) is 0 Å². The van der Waals surface area contributed by atoms with Crippen LogP contribution in [0.5, 0.6) is 0 Å². The van der Waals surface area contributed by atoms with Gasteiger partial charge in [0.25, 0.3) is 0 Å². The van der Waals surface area contributed by atoms with Crippen LogP contribution in [-0.2, 0) is 6.42 Å². The highest BCUT2D eigenvalue weighted by atomic mass is 35.5. The first-order chi connectivity index (χ1) is 10.3. The van der Waals surface area contributed by atoms with Crippen LogP contribution in [0.3, 0.4) is 0 Å². The van der Waals surface area contributed by atoms with Crippen LogP contribution in [0.4, 0.5) is 0 Å². The first kappa shape index (κ1) is 14.6. The van der Waals surface area contributed by atoms with E-state index in [4.69, 9.17) is 16.0 Å². The van der Waals surface area contributed by atoms with Gasteiger partial charge in [0, 0.05) is 10.3 Å². The summed E-state index contributed by atoms with van der Waals surface area (Å²) in [5, 5.41) is 7.22. The lowest BCUT2D eigenvalue weighted by Crippen LogP contribution is -2.15. The standard InChI is InChI=1S/C17H18ClNOS/c1-19-15(9-3-6-13-7-4-10-21-13)16-11-12-5-2-8-14(18)17(12)20-16/h2,4-5,7-8,10-11,15,19H,3,6,9H2,1H3. The van der Waals surface area contributed by atoms with Crippen LogP contribution in [0, 0.1) is 0 Å². The number of aryl methyl sites for hydroxylation is 1. The summed E-state index contributed by atoms with van der Waals surface area (Å²) in [5.74, 6) is 0.965. The van der Waals surface area contributed by atoms with Crippen molar-refractivity contribution in [2.45, 2.75) is 25.3 Å². The van der Waals surface area contributed by atoms with E-state index in [0.29, 0.717) is 5.02 Å². The van der Waals surface area contributed by atoms with Crippen molar-refractivity contribution >= 4 is 33.9 Å². The minimum atomic E-state index is 0.230. The number of fused-ring (bicyclic) bond motifs is 1. The van der Waals surface area contributed by atoms with Crippen LogP contribution in [-0.4, -0.2) is 7.05 Å². The Bertz CT molecular complexity index is 705. The summed E-state index contributed by atoms with van der Waals surface area (Å²) in [6, 6.07) is 12.5. The van der Waals surface area contributed by atoms with E-state index in [1.54, 1.807) is 0 Å². The quantitative estimate of drug-likeness (QED) is 0.655. The zero-order valence-electron chi connectivity index (χ0n) is 11.9. The van der Waals surface area contributed by atoms with E-state index in [9.17, 15) is 0 Å². The summed E-state index contributed by atoms with van der Waals surface area (Å²) in [6.07, 6.45) is 3.31. The largest absolute Gasteiger partial charge is 0.458 e. The van der Waals surface area contributed by atoms with Crippen molar-refractivity contribution in [3.8, 4) is 0 Å². The van der Waals surface area contributed by atoms with E-state index in [0.717, 1.165) is 36.0 Å². The molecule has 1 atom stereocenters. The zero-order chi connectivity index (χ0) is 14.7. The number of benzene rings is 1. The first-order valence-corrected chi connectivity index (χ1v) is 8.41. The van der Waals surface area contributed by atoms with Gasteiger partial charge in [0.15, 0.2) is 5.58 Å². The molecule has 0 spiro atoms. The van der Waals surface area contributed by atoms with Crippen LogP contribution >= 0.6 is 22.9 Å². The molecular weight excluding hydrogens is 302 g/mol. The van der Waals surface area contributed by atoms with Gasteiger partial charge in [-0.05, 0) is 49.9 Å². The Morgan fingerprint density at radius 2 is 2.19 bits per heavy atom.